The second-order valence-electron chi connectivity index (χ2n) is 3.36. The molecule has 5 nitrogen and oxygen atoms in total. The third kappa shape index (κ3) is 37.0. The van der Waals surface area contributed by atoms with Crippen LogP contribution in [0, 0.1) is 0 Å². The van der Waals surface area contributed by atoms with Crippen molar-refractivity contribution in [2.45, 2.75) is 20.3 Å². The number of halogens is 2. The van der Waals surface area contributed by atoms with Crippen LogP contribution in [-0.4, -0.2) is 65.9 Å². The van der Waals surface area contributed by atoms with E-state index in [1.54, 1.807) is 33.1 Å². The van der Waals surface area contributed by atoms with Crippen LogP contribution in [-0.2, 0) is 9.59 Å². The molecule has 0 spiro atoms. The summed E-state index contributed by atoms with van der Waals surface area (Å²) < 4.78 is 1.22. The summed E-state index contributed by atoms with van der Waals surface area (Å²) in [6, 6.07) is 0. The summed E-state index contributed by atoms with van der Waals surface area (Å²) in [5.74, 6) is -0.0833. The summed E-state index contributed by atoms with van der Waals surface area (Å²) in [5, 5.41) is 8.11. The van der Waals surface area contributed by atoms with Gasteiger partial charge in [-0.2, -0.15) is 0 Å². The maximum Gasteiger partial charge on any atom is 1.00 e. The number of hydrogen-bond acceptors (Lipinski definition) is 3. The maximum atomic E-state index is 10.4. The molecule has 0 saturated carbocycles. The van der Waals surface area contributed by atoms with Gasteiger partial charge in [0.05, 0.1) is 0 Å². The maximum absolute atomic E-state index is 10.4. The van der Waals surface area contributed by atoms with Crippen LogP contribution in [0.1, 0.15) is 23.1 Å². The predicted octanol–water partition coefficient (Wildman–Crippen LogP) is -7.64. The van der Waals surface area contributed by atoms with E-state index in [1.807, 2.05) is 6.92 Å². The first kappa shape index (κ1) is 38.1. The van der Waals surface area contributed by atoms with Crippen LogP contribution in [0.5, 0.6) is 0 Å². The van der Waals surface area contributed by atoms with Gasteiger partial charge >= 0.3 is 59.1 Å². The average molecular weight is 536 g/mol. The SMILES string of the molecule is CCC(=O)N(C)C.CCI.CN(C)C(=O)CO.[H-].[HH].[I-].[Na+].[Na+]. The van der Waals surface area contributed by atoms with Gasteiger partial charge in [-0.15, -0.1) is 0 Å². The van der Waals surface area contributed by atoms with Gasteiger partial charge in [0, 0.05) is 36.0 Å². The van der Waals surface area contributed by atoms with Crippen LogP contribution in [0.15, 0.2) is 0 Å². The molecular formula is C11H28I2N2Na2O3. The number of carbonyl (C=O) groups is 2. The van der Waals surface area contributed by atoms with E-state index < -0.39 is 6.61 Å². The molecule has 0 aliphatic heterocycles. The van der Waals surface area contributed by atoms with Crippen LogP contribution >= 0.6 is 22.6 Å². The van der Waals surface area contributed by atoms with Crippen molar-refractivity contribution in [2.75, 3.05) is 39.2 Å². The Morgan fingerprint density at radius 1 is 1.05 bits per heavy atom. The van der Waals surface area contributed by atoms with Crippen molar-refractivity contribution >= 4 is 34.4 Å². The Kier molecular flexibility index (Phi) is 56.0. The van der Waals surface area contributed by atoms with Gasteiger partial charge in [0.15, 0.2) is 0 Å². The van der Waals surface area contributed by atoms with E-state index in [0.717, 1.165) is 0 Å². The Balaban J connectivity index is -0.0000000211. The number of aliphatic hydroxyl groups is 1. The Hall–Kier alpha value is 2.36. The largest absolute Gasteiger partial charge is 1.00 e. The molecule has 20 heavy (non-hydrogen) atoms. The first-order valence-corrected chi connectivity index (χ1v) is 6.87. The van der Waals surface area contributed by atoms with Gasteiger partial charge < -0.3 is 40.3 Å². The first-order valence-electron chi connectivity index (χ1n) is 5.35. The molecule has 0 aromatic heterocycles. The number of hydrogen-bond donors (Lipinski definition) is 1. The minimum Gasteiger partial charge on any atom is -1.00 e. The van der Waals surface area contributed by atoms with E-state index in [4.69, 9.17) is 5.11 Å². The molecule has 0 radical (unpaired) electrons. The van der Waals surface area contributed by atoms with E-state index in [2.05, 4.69) is 29.5 Å². The molecule has 0 aromatic carbocycles. The minimum atomic E-state index is -0.396. The Labute approximate surface area is 201 Å². The third-order valence-electron chi connectivity index (χ3n) is 1.44. The summed E-state index contributed by atoms with van der Waals surface area (Å²) >= 11 is 2.29. The monoisotopic (exact) mass is 536 g/mol. The molecule has 0 unspecified atom stereocenters. The molecule has 0 rings (SSSR count). The molecule has 9 heteroatoms. The van der Waals surface area contributed by atoms with Gasteiger partial charge in [-0.3, -0.25) is 9.59 Å². The van der Waals surface area contributed by atoms with Crippen molar-refractivity contribution in [1.82, 2.24) is 9.80 Å². The van der Waals surface area contributed by atoms with Crippen molar-refractivity contribution < 1.29 is 101 Å². The number of rotatable bonds is 2. The number of alkyl halides is 1. The molecule has 1 N–H and O–H groups in total. The molecule has 0 aliphatic carbocycles. The number of carbonyl (C=O) groups excluding carboxylic acids is 2. The Morgan fingerprint density at radius 3 is 1.30 bits per heavy atom. The van der Waals surface area contributed by atoms with Crippen LogP contribution in [0.3, 0.4) is 0 Å². The average Bonchev–Trinajstić information content (AvgIpc) is 2.28. The fourth-order valence-electron chi connectivity index (χ4n) is 0.458. The molecule has 0 aromatic rings. The summed E-state index contributed by atoms with van der Waals surface area (Å²) in [7, 11) is 6.70. The zero-order valence-electron chi connectivity index (χ0n) is 15.0. The zero-order chi connectivity index (χ0) is 14.4. The van der Waals surface area contributed by atoms with Crippen molar-refractivity contribution in [2.24, 2.45) is 0 Å². The number of aliphatic hydroxyl groups excluding tert-OH is 1. The molecule has 0 aliphatic rings. The number of amides is 2. The molecular weight excluding hydrogens is 508 g/mol. The van der Waals surface area contributed by atoms with Gasteiger partial charge in [0.25, 0.3) is 0 Å². The molecule has 0 atom stereocenters. The summed E-state index contributed by atoms with van der Waals surface area (Å²) in [4.78, 5) is 23.5. The van der Waals surface area contributed by atoms with Crippen LogP contribution in [0.4, 0.5) is 0 Å². The predicted molar refractivity (Wildman–Crippen MR) is 82.6 cm³/mol. The number of likely N-dealkylation sites (N-methyl/N-ethyl adjacent to an activating group) is 1. The van der Waals surface area contributed by atoms with Gasteiger partial charge in [-0.05, 0) is 4.43 Å². The van der Waals surface area contributed by atoms with Crippen molar-refractivity contribution in [3.8, 4) is 0 Å². The van der Waals surface area contributed by atoms with Crippen LogP contribution in [0.2, 0.25) is 0 Å². The molecule has 0 heterocycles. The summed E-state index contributed by atoms with van der Waals surface area (Å²) in [5.41, 5.74) is 0. The second kappa shape index (κ2) is 29.4. The molecule has 0 bridgehead atoms. The quantitative estimate of drug-likeness (QED) is 0.217. The van der Waals surface area contributed by atoms with Crippen molar-refractivity contribution in [1.29, 1.82) is 0 Å². The minimum absolute atomic E-state index is 0. The van der Waals surface area contributed by atoms with E-state index in [0.29, 0.717) is 6.42 Å². The molecule has 0 saturated heterocycles. The topological polar surface area (TPSA) is 60.9 Å². The van der Waals surface area contributed by atoms with Gasteiger partial charge in [0.1, 0.15) is 6.61 Å². The third-order valence-corrected chi connectivity index (χ3v) is 1.44. The fraction of sp³-hybridized carbons (Fsp3) is 0.818. The molecule has 0 fully saturated rings. The van der Waals surface area contributed by atoms with E-state index >= 15 is 0 Å². The Bertz CT molecular complexity index is 200. The second-order valence-corrected chi connectivity index (χ2v) is 4.88. The van der Waals surface area contributed by atoms with Gasteiger partial charge in [-0.25, -0.2) is 0 Å². The standard InChI is InChI=1S/C5H11NO.C4H9NO2.C2H5I.HI.2Na.H2.H/c1-4-5(7)6(2)3;1-5(2)4(7)3-6;1-2-3;;;;;/h4H2,1-3H3;6H,3H2,1-2H3;2H2,1H3;1H;;;1H;/q;;;;2*+1;;-1/p-1. The summed E-state index contributed by atoms with van der Waals surface area (Å²) in [6.45, 7) is 3.57. The van der Waals surface area contributed by atoms with Crippen molar-refractivity contribution in [3.05, 3.63) is 0 Å². The molecule has 116 valence electrons. The first-order chi connectivity index (χ1) is 7.78. The van der Waals surface area contributed by atoms with E-state index in [-0.39, 0.29) is 97.8 Å². The van der Waals surface area contributed by atoms with Crippen molar-refractivity contribution in [3.63, 3.8) is 0 Å². The zero-order valence-corrected chi connectivity index (χ0v) is 22.4. The Morgan fingerprint density at radius 2 is 1.30 bits per heavy atom. The fourth-order valence-corrected chi connectivity index (χ4v) is 0.458. The van der Waals surface area contributed by atoms with Crippen LogP contribution < -0.4 is 83.1 Å². The number of nitrogens with zero attached hydrogens (tertiary/aromatic N) is 2. The molecule has 2 amide bonds. The summed E-state index contributed by atoms with van der Waals surface area (Å²) in [6.07, 6.45) is 0.604. The van der Waals surface area contributed by atoms with E-state index in [1.165, 1.54) is 9.33 Å². The van der Waals surface area contributed by atoms with Gasteiger partial charge in [-0.1, -0.05) is 36.4 Å². The van der Waals surface area contributed by atoms with Crippen LogP contribution in [0.25, 0.3) is 0 Å². The normalized spacial score (nSPS) is 6.80. The van der Waals surface area contributed by atoms with Gasteiger partial charge in [0.2, 0.25) is 11.8 Å². The smallest absolute Gasteiger partial charge is 1.00 e. The van der Waals surface area contributed by atoms with E-state index in [9.17, 15) is 9.59 Å².